The third-order valence-corrected chi connectivity index (χ3v) is 17.2. The summed E-state index contributed by atoms with van der Waals surface area (Å²) in [5, 5.41) is 37.3. The van der Waals surface area contributed by atoms with Gasteiger partial charge in [-0.05, 0) is 158 Å². The molecule has 0 aromatic heterocycles. The molecule has 0 radical (unpaired) electrons. The minimum absolute atomic E-state index is 0.350. The molecule has 0 saturated heterocycles. The van der Waals surface area contributed by atoms with E-state index in [9.17, 15) is 29.7 Å². The molecule has 0 bridgehead atoms. The summed E-state index contributed by atoms with van der Waals surface area (Å²) in [5.41, 5.74) is 8.55. The van der Waals surface area contributed by atoms with E-state index in [0.717, 1.165) is 28.1 Å². The Labute approximate surface area is 586 Å². The van der Waals surface area contributed by atoms with Crippen LogP contribution in [0.25, 0.3) is 0 Å². The number of rotatable bonds is 17. The van der Waals surface area contributed by atoms with Crippen LogP contribution in [0.2, 0.25) is 0 Å². The van der Waals surface area contributed by atoms with Crippen molar-refractivity contribution in [3.8, 4) is 34.5 Å². The monoisotopic (exact) mass is 1370 g/mol. The Balaban J connectivity index is 0.000000209. The molecule has 0 aliphatic carbocycles. The molecule has 0 spiro atoms. The topological polar surface area (TPSA) is 246 Å². The van der Waals surface area contributed by atoms with Crippen molar-refractivity contribution in [2.45, 2.75) is 193 Å². The summed E-state index contributed by atoms with van der Waals surface area (Å²) in [5.74, 6) is 3.40. The van der Waals surface area contributed by atoms with E-state index >= 15 is 0 Å². The molecule has 6 aromatic carbocycles. The van der Waals surface area contributed by atoms with E-state index in [2.05, 4.69) is 5.32 Å². The van der Waals surface area contributed by atoms with Gasteiger partial charge in [0, 0.05) is 75.7 Å². The van der Waals surface area contributed by atoms with Crippen LogP contribution < -0.4 is 44.4 Å². The smallest absolute Gasteiger partial charge is 0.410 e. The second-order valence-corrected chi connectivity index (χ2v) is 29.9. The van der Waals surface area contributed by atoms with Gasteiger partial charge in [-0.1, -0.05) is 91.0 Å². The van der Waals surface area contributed by atoms with Crippen LogP contribution in [0, 0.1) is 0 Å². The van der Waals surface area contributed by atoms with Crippen molar-refractivity contribution in [1.29, 1.82) is 0 Å². The third kappa shape index (κ3) is 19.6. The zero-order valence-electron chi connectivity index (χ0n) is 61.9. The van der Waals surface area contributed by atoms with Gasteiger partial charge in [0.1, 0.15) is 86.4 Å². The van der Waals surface area contributed by atoms with Crippen molar-refractivity contribution in [2.24, 2.45) is 0 Å². The molecule has 3 aliphatic heterocycles. The summed E-state index contributed by atoms with van der Waals surface area (Å²) in [4.78, 5) is 47.0. The van der Waals surface area contributed by atoms with Crippen molar-refractivity contribution < 1.29 is 72.3 Å². The molecule has 3 heterocycles. The highest BCUT2D eigenvalue weighted by Gasteiger charge is 2.51. The highest BCUT2D eigenvalue weighted by Crippen LogP contribution is 2.51. The summed E-state index contributed by atoms with van der Waals surface area (Å²) >= 11 is 0. The van der Waals surface area contributed by atoms with Gasteiger partial charge in [0.2, 0.25) is 0 Å². The maximum Gasteiger partial charge on any atom is 0.410 e. The standard InChI is InChI=1S/C27H38N2O5.C26H36N2O5.C25H34N2O5/c1-26(2,3)34-25(31)29(15-14-18-12-10-9-11-13-18)23-19-16-22(32-8)20(28(6)7)17-21(19)33-27(4,5)24(23)30;1-25(2,3)33-24(30)28(14-13-17-11-9-8-10-12-17)22-18-15-21(31-7)19(27-6)16-20(18)32-26(4,5)23(22)29;1-24(2,3)32-23(29)27(13-12-16-10-8-7-9-11-16)21-17-14-20(30-6)18(26)15-19(17)31-25(4,5)22(21)28/h9-13,16-17,23-24,30H,14-15H2,1-8H3;8-12,15-16,22-23,27,29H,13-14H2,1-7H3;7-11,14-15,21-22,28H,12-13,26H2,1-6H3/t23-,24+;22-,23+;21-,22+/m000/s1. The number of nitrogen functional groups attached to an aromatic ring is 1. The van der Waals surface area contributed by atoms with E-state index in [1.807, 2.05) is 224 Å². The van der Waals surface area contributed by atoms with Crippen molar-refractivity contribution in [3.05, 3.63) is 161 Å². The van der Waals surface area contributed by atoms with Gasteiger partial charge in [-0.15, -0.1) is 0 Å². The van der Waals surface area contributed by atoms with E-state index in [-0.39, 0.29) is 0 Å². The number of aliphatic hydroxyl groups is 3. The third-order valence-electron chi connectivity index (χ3n) is 17.2. The predicted octanol–water partition coefficient (Wildman–Crippen LogP) is 13.9. The highest BCUT2D eigenvalue weighted by molar-refractivity contribution is 5.73. The van der Waals surface area contributed by atoms with Gasteiger partial charge in [0.15, 0.2) is 0 Å². The van der Waals surface area contributed by atoms with Crippen molar-refractivity contribution in [2.75, 3.05) is 78.1 Å². The van der Waals surface area contributed by atoms with E-state index in [1.54, 1.807) is 61.9 Å². The van der Waals surface area contributed by atoms with Crippen LogP contribution in [0.15, 0.2) is 127 Å². The van der Waals surface area contributed by atoms with Crippen molar-refractivity contribution >= 4 is 35.3 Å². The molecule has 6 aromatic rings. The number of nitrogens with two attached hydrogens (primary N) is 1. The van der Waals surface area contributed by atoms with Crippen LogP contribution >= 0.6 is 0 Å². The molecule has 6 atom stereocenters. The molecule has 3 amide bonds. The maximum atomic E-state index is 13.5. The van der Waals surface area contributed by atoms with Crippen LogP contribution in [0.3, 0.4) is 0 Å². The van der Waals surface area contributed by atoms with E-state index < -0.39 is 88.3 Å². The largest absolute Gasteiger partial charge is 0.495 e. The number of fused-ring (bicyclic) bond motifs is 3. The molecule has 9 rings (SSSR count). The highest BCUT2D eigenvalue weighted by atomic mass is 16.6. The second kappa shape index (κ2) is 31.6. The lowest BCUT2D eigenvalue weighted by molar-refractivity contribution is -0.0940. The molecule has 0 unspecified atom stereocenters. The average molecular weight is 1370 g/mol. The minimum Gasteiger partial charge on any atom is -0.495 e. The molecule has 540 valence electrons. The first-order valence-electron chi connectivity index (χ1n) is 33.7. The first-order chi connectivity index (χ1) is 46.2. The van der Waals surface area contributed by atoms with Gasteiger partial charge in [0.25, 0.3) is 0 Å². The number of benzene rings is 6. The molecule has 99 heavy (non-hydrogen) atoms. The second-order valence-electron chi connectivity index (χ2n) is 29.9. The van der Waals surface area contributed by atoms with Gasteiger partial charge >= 0.3 is 18.3 Å². The quantitative estimate of drug-likeness (QED) is 0.0421. The SMILES string of the molecule is CNc1cc2c(cc1OC)[C@H](N(CCc1ccccc1)C(=O)OC(C)(C)C)[C@@H](O)C(C)(C)O2.COc1cc2c(cc1N(C)C)OC(C)(C)[C@H](O)[C@H]2N(CCc1ccccc1)C(=O)OC(C)(C)C.COc1cc2c(cc1N)OC(C)(C)[C@H](O)[C@H]2N(CCc1ccccc1)C(=O)OC(C)(C)C. The van der Waals surface area contributed by atoms with Crippen molar-refractivity contribution in [1.82, 2.24) is 14.7 Å². The number of methoxy groups -OCH3 is 3. The number of hydrogen-bond donors (Lipinski definition) is 5. The van der Waals surface area contributed by atoms with Crippen molar-refractivity contribution in [3.63, 3.8) is 0 Å². The van der Waals surface area contributed by atoms with Crippen LogP contribution in [0.5, 0.6) is 34.5 Å². The first-order valence-corrected chi connectivity index (χ1v) is 33.7. The molecular weight excluding hydrogens is 1260 g/mol. The van der Waals surface area contributed by atoms with Crippen LogP contribution in [0.4, 0.5) is 31.4 Å². The number of carbonyl (C=O) groups is 3. The zero-order chi connectivity index (χ0) is 73.3. The van der Waals surface area contributed by atoms with Gasteiger partial charge < -0.3 is 73.9 Å². The predicted molar refractivity (Wildman–Crippen MR) is 387 cm³/mol. The summed E-state index contributed by atoms with van der Waals surface area (Å²) in [6.45, 7) is 28.5. The fourth-order valence-corrected chi connectivity index (χ4v) is 12.1. The number of aliphatic hydroxyl groups excluding tert-OH is 3. The number of hydrogen-bond acceptors (Lipinski definition) is 18. The molecular formula is C78H108N6O15. The van der Waals surface area contributed by atoms with E-state index in [1.165, 1.54) is 7.11 Å². The molecule has 0 fully saturated rings. The average Bonchev–Trinajstić information content (AvgIpc) is 0.761. The van der Waals surface area contributed by atoms with Crippen LogP contribution in [-0.4, -0.2) is 162 Å². The Morgan fingerprint density at radius 2 is 0.758 bits per heavy atom. The number of amides is 3. The van der Waals surface area contributed by atoms with Gasteiger partial charge in [-0.2, -0.15) is 0 Å². The lowest BCUT2D eigenvalue weighted by atomic mass is 9.85. The Morgan fingerprint density at radius 1 is 0.465 bits per heavy atom. The fourth-order valence-electron chi connectivity index (χ4n) is 12.1. The number of nitrogens with zero attached hydrogens (tertiary/aromatic N) is 4. The molecule has 6 N–H and O–H groups in total. The Hall–Kier alpha value is -8.79. The summed E-state index contributed by atoms with van der Waals surface area (Å²) < 4.78 is 52.4. The molecule has 21 nitrogen and oxygen atoms in total. The normalized spacial score (nSPS) is 19.2. The maximum absolute atomic E-state index is 13.5. The zero-order valence-corrected chi connectivity index (χ0v) is 61.9. The van der Waals surface area contributed by atoms with Crippen LogP contribution in [0.1, 0.15) is 155 Å². The van der Waals surface area contributed by atoms with Gasteiger partial charge in [0.05, 0.1) is 56.5 Å². The Kier molecular flexibility index (Phi) is 24.8. The van der Waals surface area contributed by atoms with E-state index in [4.69, 9.17) is 48.4 Å². The van der Waals surface area contributed by atoms with Gasteiger partial charge in [-0.3, -0.25) is 14.7 Å². The van der Waals surface area contributed by atoms with Crippen LogP contribution in [-0.2, 0) is 33.5 Å². The number of ether oxygens (including phenoxy) is 9. The first kappa shape index (κ1) is 77.6. The van der Waals surface area contributed by atoms with Gasteiger partial charge in [-0.25, -0.2) is 14.4 Å². The Morgan fingerprint density at radius 3 is 1.05 bits per heavy atom. The van der Waals surface area contributed by atoms with E-state index in [0.29, 0.717) is 95.8 Å². The number of anilines is 3. The summed E-state index contributed by atoms with van der Waals surface area (Å²) in [6.07, 6.45) is -2.61. The fraction of sp³-hybridized carbons (Fsp3) is 0.500. The minimum atomic E-state index is -1.01. The Bertz CT molecular complexity index is 3680. The molecule has 3 aliphatic rings. The summed E-state index contributed by atoms with van der Waals surface area (Å²) in [7, 11) is 10.4. The number of carbonyl (C=O) groups excluding carboxylic acids is 3. The summed E-state index contributed by atoms with van der Waals surface area (Å²) in [6, 6.07) is 38.6. The number of nitrogens with one attached hydrogen (secondary N) is 1. The lowest BCUT2D eigenvalue weighted by Crippen LogP contribution is -2.55. The molecule has 0 saturated carbocycles. The lowest BCUT2D eigenvalue weighted by Gasteiger charge is -2.46. The molecule has 21 heteroatoms.